The number of rotatable bonds is 12. The molecule has 3 fully saturated rings. The van der Waals surface area contributed by atoms with Gasteiger partial charge in [0, 0.05) is 30.7 Å². The van der Waals surface area contributed by atoms with Gasteiger partial charge >= 0.3 is 23.9 Å². The highest BCUT2D eigenvalue weighted by Crippen LogP contribution is 2.64. The second-order valence-electron chi connectivity index (χ2n) is 18.9. The SMILES string of the molecule is CC(=O)O[C@@]12CO[C@@H]1C[C@H](O)[C@@]1(C)C(=O)[C@H](OC(=O)Cc3ccccc3)C3=C(C)[C@@H](OC(=O)C(O)C(NC(=O)c4ccccc4)c4ccccc4)C[C@@](O)([C@@H](OC(=O)c4ccccc4)C12)C3(C)C. The van der Waals surface area contributed by atoms with Gasteiger partial charge in [0.1, 0.15) is 23.9 Å². The predicted octanol–water partition coefficient (Wildman–Crippen LogP) is 4.96. The third-order valence-electron chi connectivity index (χ3n) is 14.6. The number of carbonyl (C=O) groups excluding carboxylic acids is 6. The van der Waals surface area contributed by atoms with E-state index in [1.165, 1.54) is 26.0 Å². The van der Waals surface area contributed by atoms with Gasteiger partial charge in [-0.2, -0.15) is 0 Å². The summed E-state index contributed by atoms with van der Waals surface area (Å²) in [6.45, 7) is 6.94. The van der Waals surface area contributed by atoms with Gasteiger partial charge in [0.2, 0.25) is 0 Å². The average molecular weight is 930 g/mol. The number of aliphatic hydroxyl groups excluding tert-OH is 2. The predicted molar refractivity (Wildman–Crippen MR) is 242 cm³/mol. The minimum absolute atomic E-state index is 0.0110. The summed E-state index contributed by atoms with van der Waals surface area (Å²) in [5.41, 5.74) is -6.64. The van der Waals surface area contributed by atoms with Crippen LogP contribution in [0.1, 0.15) is 85.3 Å². The van der Waals surface area contributed by atoms with E-state index in [1.54, 1.807) is 123 Å². The van der Waals surface area contributed by atoms with Crippen LogP contribution in [0.25, 0.3) is 0 Å². The number of benzene rings is 4. The Bertz CT molecular complexity index is 2600. The molecule has 0 radical (unpaired) electrons. The largest absolute Gasteiger partial charge is 0.456 e. The molecule has 0 spiro atoms. The molecule has 1 heterocycles. The Balaban J connectivity index is 1.29. The number of nitrogens with one attached hydrogen (secondary N) is 1. The van der Waals surface area contributed by atoms with Crippen molar-refractivity contribution in [3.63, 3.8) is 0 Å². The topological polar surface area (TPSA) is 221 Å². The summed E-state index contributed by atoms with van der Waals surface area (Å²) < 4.78 is 31.0. The number of amides is 1. The quantitative estimate of drug-likeness (QED) is 0.0839. The Kier molecular flexibility index (Phi) is 13.1. The van der Waals surface area contributed by atoms with Gasteiger partial charge in [0.15, 0.2) is 23.6 Å². The van der Waals surface area contributed by atoms with Crippen LogP contribution >= 0.6 is 0 Å². The molecule has 3 aliphatic carbocycles. The highest BCUT2D eigenvalue weighted by atomic mass is 16.6. The molecule has 68 heavy (non-hydrogen) atoms. The van der Waals surface area contributed by atoms with Crippen LogP contribution in [0.5, 0.6) is 0 Å². The van der Waals surface area contributed by atoms with Gasteiger partial charge in [-0.1, -0.05) is 111 Å². The zero-order valence-corrected chi connectivity index (χ0v) is 38.3. The molecule has 4 aliphatic rings. The molecule has 1 amide bonds. The number of ketones is 1. The highest BCUT2D eigenvalue weighted by molar-refractivity contribution is 5.96. The summed E-state index contributed by atoms with van der Waals surface area (Å²) in [6.07, 6.45) is -11.0. The van der Waals surface area contributed by atoms with Crippen molar-refractivity contribution in [3.05, 3.63) is 155 Å². The maximum atomic E-state index is 15.9. The van der Waals surface area contributed by atoms with Crippen molar-refractivity contribution in [2.45, 2.75) is 108 Å². The molecule has 4 N–H and O–H groups in total. The number of carbonyl (C=O) groups is 6. The van der Waals surface area contributed by atoms with Crippen molar-refractivity contribution >= 4 is 35.6 Å². The van der Waals surface area contributed by atoms with Crippen molar-refractivity contribution < 1.29 is 67.8 Å². The zero-order chi connectivity index (χ0) is 48.8. The molecule has 1 saturated heterocycles. The van der Waals surface area contributed by atoms with E-state index < -0.39 is 113 Å². The van der Waals surface area contributed by atoms with Crippen LogP contribution in [0.15, 0.2) is 132 Å². The van der Waals surface area contributed by atoms with Crippen LogP contribution in [0.4, 0.5) is 0 Å². The lowest BCUT2D eigenvalue weighted by atomic mass is 9.44. The number of Topliss-reactive ketones (excluding diaryl/α,β-unsaturated/α-hetero) is 1. The molecule has 356 valence electrons. The van der Waals surface area contributed by atoms with Crippen molar-refractivity contribution in [2.75, 3.05) is 6.61 Å². The summed E-state index contributed by atoms with van der Waals surface area (Å²) in [4.78, 5) is 85.7. The summed E-state index contributed by atoms with van der Waals surface area (Å²) >= 11 is 0. The van der Waals surface area contributed by atoms with Gasteiger partial charge in [0.25, 0.3) is 5.91 Å². The fraction of sp³-hybridized carbons (Fsp3) is 0.396. The van der Waals surface area contributed by atoms with Gasteiger partial charge in [0.05, 0.1) is 42.1 Å². The molecule has 0 aromatic heterocycles. The Morgan fingerprint density at radius 1 is 0.809 bits per heavy atom. The van der Waals surface area contributed by atoms with Crippen LogP contribution in [0.3, 0.4) is 0 Å². The number of ether oxygens (including phenoxy) is 5. The molecule has 11 atom stereocenters. The second-order valence-corrected chi connectivity index (χ2v) is 18.9. The standard InChI is InChI=1S/C53H55NO14/c1-30-36(65-49(62)42(58)41(33-20-12-7-13-21-33)54-47(60)34-22-14-8-15-23-34)28-53(63)46(67-48(61)35-24-16-9-17-25-35)44-51(5,37(56)27-38-52(44,29-64-38)68-31(2)55)45(59)43(40(30)50(53,3)4)66-39(57)26-32-18-10-6-11-19-32/h6-25,36-38,41-44,46,56,58,63H,26-29H2,1-5H3,(H,54,60)/t36-,37-,38+,41?,42?,43+,44?,46-,51+,52-,53+/m0/s1. The Labute approximate surface area is 393 Å². The highest BCUT2D eigenvalue weighted by Gasteiger charge is 2.78. The van der Waals surface area contributed by atoms with E-state index in [9.17, 15) is 39.3 Å². The van der Waals surface area contributed by atoms with Crippen LogP contribution in [0, 0.1) is 16.7 Å². The number of fused-ring (bicyclic) bond motifs is 5. The lowest BCUT2D eigenvalue weighted by Gasteiger charge is -2.67. The number of hydrogen-bond donors (Lipinski definition) is 4. The summed E-state index contributed by atoms with van der Waals surface area (Å²) in [7, 11) is 0. The second kappa shape index (κ2) is 18.5. The summed E-state index contributed by atoms with van der Waals surface area (Å²) in [6, 6.07) is 31.6. The van der Waals surface area contributed by atoms with Crippen LogP contribution in [-0.2, 0) is 49.3 Å². The van der Waals surface area contributed by atoms with E-state index in [2.05, 4.69) is 5.32 Å². The van der Waals surface area contributed by atoms with E-state index in [0.29, 0.717) is 11.1 Å². The zero-order valence-electron chi connectivity index (χ0n) is 38.3. The first kappa shape index (κ1) is 48.0. The van der Waals surface area contributed by atoms with Crippen molar-refractivity contribution in [3.8, 4) is 0 Å². The minimum atomic E-state index is -2.43. The van der Waals surface area contributed by atoms with E-state index in [1.807, 2.05) is 0 Å². The Morgan fingerprint density at radius 3 is 1.96 bits per heavy atom. The van der Waals surface area contributed by atoms with Gasteiger partial charge in [-0.25, -0.2) is 9.59 Å². The maximum absolute atomic E-state index is 15.9. The molecule has 15 nitrogen and oxygen atoms in total. The number of aliphatic hydroxyl groups is 3. The molecular weight excluding hydrogens is 875 g/mol. The smallest absolute Gasteiger partial charge is 0.338 e. The monoisotopic (exact) mass is 929 g/mol. The fourth-order valence-corrected chi connectivity index (χ4v) is 11.0. The van der Waals surface area contributed by atoms with E-state index in [-0.39, 0.29) is 41.7 Å². The van der Waals surface area contributed by atoms with Crippen LogP contribution in [-0.4, -0.2) is 105 Å². The van der Waals surface area contributed by atoms with Crippen LogP contribution in [0.2, 0.25) is 0 Å². The van der Waals surface area contributed by atoms with Crippen molar-refractivity contribution in [1.82, 2.24) is 5.32 Å². The fourth-order valence-electron chi connectivity index (χ4n) is 11.0. The molecule has 4 aromatic rings. The Hall–Kier alpha value is -6.52. The van der Waals surface area contributed by atoms with E-state index >= 15 is 4.79 Å². The normalized spacial score (nSPS) is 30.0. The first-order valence-corrected chi connectivity index (χ1v) is 22.6. The van der Waals surface area contributed by atoms with Gasteiger partial charge in [-0.3, -0.25) is 19.2 Å². The molecule has 8 rings (SSSR count). The maximum Gasteiger partial charge on any atom is 0.338 e. The molecule has 2 saturated carbocycles. The van der Waals surface area contributed by atoms with Crippen LogP contribution < -0.4 is 5.32 Å². The molecule has 2 bridgehead atoms. The lowest BCUT2D eigenvalue weighted by molar-refractivity contribution is -0.346. The average Bonchev–Trinajstić information content (AvgIpc) is 3.32. The first-order valence-electron chi connectivity index (χ1n) is 22.6. The van der Waals surface area contributed by atoms with Crippen molar-refractivity contribution in [2.24, 2.45) is 16.7 Å². The molecular formula is C53H55NO14. The molecule has 15 heteroatoms. The minimum Gasteiger partial charge on any atom is -0.456 e. The lowest BCUT2D eigenvalue weighted by Crippen LogP contribution is -2.82. The first-order chi connectivity index (χ1) is 32.3. The molecule has 3 unspecified atom stereocenters. The van der Waals surface area contributed by atoms with E-state index in [4.69, 9.17) is 23.7 Å². The molecule has 1 aliphatic heterocycles. The Morgan fingerprint density at radius 2 is 1.38 bits per heavy atom. The summed E-state index contributed by atoms with van der Waals surface area (Å²) in [5.74, 6) is -6.85. The van der Waals surface area contributed by atoms with Gasteiger partial charge in [-0.15, -0.1) is 0 Å². The third kappa shape index (κ3) is 8.31. The number of esters is 4. The van der Waals surface area contributed by atoms with Gasteiger partial charge < -0.3 is 44.3 Å². The van der Waals surface area contributed by atoms with Crippen molar-refractivity contribution in [1.29, 1.82) is 0 Å². The third-order valence-corrected chi connectivity index (χ3v) is 14.6. The molecule has 4 aromatic carbocycles. The van der Waals surface area contributed by atoms with E-state index in [0.717, 1.165) is 6.92 Å². The number of hydrogen-bond acceptors (Lipinski definition) is 14. The summed E-state index contributed by atoms with van der Waals surface area (Å²) in [5, 5.41) is 40.9. The van der Waals surface area contributed by atoms with Gasteiger partial charge in [-0.05, 0) is 60.4 Å².